The molecule has 1 N–H and O–H groups in total. The van der Waals surface area contributed by atoms with Gasteiger partial charge in [-0.2, -0.15) is 0 Å². The monoisotopic (exact) mass is 425 g/mol. The molecule has 2 fully saturated rings. The average molecular weight is 426 g/mol. The fraction of sp³-hybridized carbons (Fsp3) is 0.692. The van der Waals surface area contributed by atoms with Crippen LogP contribution in [0.4, 0.5) is 0 Å². The highest BCUT2D eigenvalue weighted by Gasteiger charge is 2.62. The number of ether oxygens (including phenoxy) is 1. The first-order chi connectivity index (χ1) is 14.7. The standard InChI is InChI=1S/C26H35NO4/c1-15(2)11-17-12-16(3)26(31-17)8-7-25(4)14-19-21(29)13-20-23(19)18(5-6-22(25)26)24(30)27(20)9-10-28/h11,13,16-17,19,22,28H,5-10,12,14H2,1-4H3. The van der Waals surface area contributed by atoms with E-state index in [4.69, 9.17) is 4.74 Å². The van der Waals surface area contributed by atoms with Gasteiger partial charge in [0.15, 0.2) is 5.78 Å². The van der Waals surface area contributed by atoms with Crippen LogP contribution >= 0.6 is 0 Å². The molecular formula is C26H35NO4. The zero-order chi connectivity index (χ0) is 22.1. The van der Waals surface area contributed by atoms with Gasteiger partial charge < -0.3 is 14.7 Å². The summed E-state index contributed by atoms with van der Waals surface area (Å²) in [6.07, 6.45) is 9.65. The molecule has 2 heterocycles. The number of hydrogen-bond donors (Lipinski definition) is 1. The van der Waals surface area contributed by atoms with Gasteiger partial charge in [0.25, 0.3) is 5.91 Å². The molecule has 6 unspecified atom stereocenters. The Morgan fingerprint density at radius 3 is 2.81 bits per heavy atom. The van der Waals surface area contributed by atoms with Gasteiger partial charge in [0.2, 0.25) is 0 Å². The molecule has 1 saturated heterocycles. The van der Waals surface area contributed by atoms with E-state index in [0.717, 1.165) is 48.9 Å². The molecule has 0 bridgehead atoms. The van der Waals surface area contributed by atoms with Crippen LogP contribution in [-0.2, 0) is 14.3 Å². The van der Waals surface area contributed by atoms with Crippen LogP contribution in [0.5, 0.6) is 0 Å². The van der Waals surface area contributed by atoms with Crippen molar-refractivity contribution in [3.8, 4) is 0 Å². The molecule has 2 aliphatic heterocycles. The van der Waals surface area contributed by atoms with E-state index in [2.05, 4.69) is 33.8 Å². The Labute approximate surface area is 185 Å². The van der Waals surface area contributed by atoms with E-state index in [9.17, 15) is 14.7 Å². The number of fused-ring (bicyclic) bond motifs is 2. The number of carbonyl (C=O) groups excluding carboxylic acids is 2. The highest BCUT2D eigenvalue weighted by molar-refractivity contribution is 6.09. The molecule has 5 nitrogen and oxygen atoms in total. The van der Waals surface area contributed by atoms with Gasteiger partial charge in [-0.1, -0.05) is 25.5 Å². The third-order valence-corrected chi connectivity index (χ3v) is 8.87. The number of β-amino-alcohol motifs (C(OH)–C–C–N with tert-alkyl or cyclic N) is 1. The third kappa shape index (κ3) is 2.96. The fourth-order valence-electron chi connectivity index (χ4n) is 7.59. The van der Waals surface area contributed by atoms with Crippen molar-refractivity contribution >= 4 is 11.7 Å². The van der Waals surface area contributed by atoms with Crippen molar-refractivity contribution in [3.63, 3.8) is 0 Å². The van der Waals surface area contributed by atoms with Crippen molar-refractivity contribution in [2.45, 2.75) is 77.9 Å². The minimum Gasteiger partial charge on any atom is -0.395 e. The van der Waals surface area contributed by atoms with Crippen molar-refractivity contribution in [2.24, 2.45) is 23.2 Å². The number of nitrogens with zero attached hydrogens (tertiary/aromatic N) is 1. The third-order valence-electron chi connectivity index (χ3n) is 8.87. The molecule has 1 amide bonds. The zero-order valence-corrected chi connectivity index (χ0v) is 19.2. The molecule has 31 heavy (non-hydrogen) atoms. The lowest BCUT2D eigenvalue weighted by molar-refractivity contribution is -0.125. The van der Waals surface area contributed by atoms with E-state index >= 15 is 0 Å². The highest BCUT2D eigenvalue weighted by Crippen LogP contribution is 2.64. The second-order valence-electron chi connectivity index (χ2n) is 11.0. The summed E-state index contributed by atoms with van der Waals surface area (Å²) < 4.78 is 6.85. The quantitative estimate of drug-likeness (QED) is 0.696. The first-order valence-electron chi connectivity index (χ1n) is 11.9. The van der Waals surface area contributed by atoms with Crippen LogP contribution in [0.3, 0.4) is 0 Å². The van der Waals surface area contributed by atoms with Gasteiger partial charge in [-0.3, -0.25) is 9.59 Å². The average Bonchev–Trinajstić information content (AvgIpc) is 3.32. The van der Waals surface area contributed by atoms with E-state index in [0.29, 0.717) is 18.3 Å². The molecule has 5 heteroatoms. The Morgan fingerprint density at radius 1 is 1.32 bits per heavy atom. The van der Waals surface area contributed by atoms with Crippen molar-refractivity contribution in [1.82, 2.24) is 4.90 Å². The van der Waals surface area contributed by atoms with E-state index in [-0.39, 0.29) is 47.9 Å². The maximum absolute atomic E-state index is 13.2. The Balaban J connectivity index is 1.51. The maximum atomic E-state index is 13.2. The van der Waals surface area contributed by atoms with Gasteiger partial charge in [0.1, 0.15) is 0 Å². The summed E-state index contributed by atoms with van der Waals surface area (Å²) in [6.45, 7) is 9.10. The first kappa shape index (κ1) is 21.1. The van der Waals surface area contributed by atoms with Gasteiger partial charge in [-0.05, 0) is 75.2 Å². The highest BCUT2D eigenvalue weighted by atomic mass is 16.5. The van der Waals surface area contributed by atoms with Gasteiger partial charge in [-0.25, -0.2) is 0 Å². The molecule has 0 aromatic carbocycles. The number of allylic oxidation sites excluding steroid dienone is 3. The minimum absolute atomic E-state index is 0.00810. The van der Waals surface area contributed by atoms with E-state index in [1.165, 1.54) is 5.57 Å². The largest absolute Gasteiger partial charge is 0.395 e. The lowest BCUT2D eigenvalue weighted by Crippen LogP contribution is -2.44. The Kier molecular flexibility index (Phi) is 4.87. The lowest BCUT2D eigenvalue weighted by Gasteiger charge is -2.43. The molecular weight excluding hydrogens is 390 g/mol. The molecule has 0 aromatic heterocycles. The summed E-state index contributed by atoms with van der Waals surface area (Å²) in [5, 5.41) is 9.46. The van der Waals surface area contributed by atoms with Gasteiger partial charge in [0.05, 0.1) is 24.0 Å². The predicted molar refractivity (Wildman–Crippen MR) is 118 cm³/mol. The van der Waals surface area contributed by atoms with E-state index < -0.39 is 0 Å². The number of amides is 1. The number of carbonyl (C=O) groups is 2. The summed E-state index contributed by atoms with van der Waals surface area (Å²) in [6, 6.07) is 0. The van der Waals surface area contributed by atoms with Crippen LogP contribution < -0.4 is 0 Å². The second-order valence-corrected chi connectivity index (χ2v) is 11.0. The summed E-state index contributed by atoms with van der Waals surface area (Å²) >= 11 is 0. The smallest absolute Gasteiger partial charge is 0.254 e. The van der Waals surface area contributed by atoms with Gasteiger partial charge >= 0.3 is 0 Å². The molecule has 3 aliphatic carbocycles. The lowest BCUT2D eigenvalue weighted by atomic mass is 9.63. The molecule has 6 atom stereocenters. The molecule has 168 valence electrons. The van der Waals surface area contributed by atoms with Gasteiger partial charge in [0, 0.05) is 24.1 Å². The van der Waals surface area contributed by atoms with Crippen molar-refractivity contribution in [1.29, 1.82) is 0 Å². The van der Waals surface area contributed by atoms with Crippen LogP contribution in [0.2, 0.25) is 0 Å². The number of hydrogen-bond acceptors (Lipinski definition) is 4. The molecule has 5 aliphatic rings. The molecule has 1 spiro atoms. The van der Waals surface area contributed by atoms with Gasteiger partial charge in [-0.15, -0.1) is 0 Å². The number of aliphatic hydroxyl groups excluding tert-OH is 1. The minimum atomic E-state index is -0.217. The van der Waals surface area contributed by atoms with Crippen molar-refractivity contribution < 1.29 is 19.4 Å². The topological polar surface area (TPSA) is 66.8 Å². The van der Waals surface area contributed by atoms with Crippen LogP contribution in [0, 0.1) is 23.2 Å². The predicted octanol–water partition coefficient (Wildman–Crippen LogP) is 3.93. The fourth-order valence-corrected chi connectivity index (χ4v) is 7.59. The normalized spacial score (nSPS) is 41.5. The van der Waals surface area contributed by atoms with Crippen molar-refractivity contribution in [2.75, 3.05) is 13.2 Å². The molecule has 0 aromatic rings. The number of rotatable bonds is 3. The second kappa shape index (κ2) is 7.14. The van der Waals surface area contributed by atoms with E-state index in [1.807, 2.05) is 0 Å². The molecule has 1 saturated carbocycles. The SMILES string of the molecule is CC(C)=CC1CC(C)C2(CCC3(C)CC4C(=O)C=C5C4=C(CCC32)C(=O)N5CCO)O1. The zero-order valence-electron chi connectivity index (χ0n) is 19.2. The first-order valence-corrected chi connectivity index (χ1v) is 11.9. The molecule has 5 rings (SSSR count). The molecule has 0 radical (unpaired) electrons. The number of aliphatic hydroxyl groups is 1. The summed E-state index contributed by atoms with van der Waals surface area (Å²) in [4.78, 5) is 27.9. The van der Waals surface area contributed by atoms with Crippen LogP contribution in [0.25, 0.3) is 0 Å². The Morgan fingerprint density at radius 2 is 2.10 bits per heavy atom. The summed E-state index contributed by atoms with van der Waals surface area (Å²) in [5.74, 6) is 0.711. The van der Waals surface area contributed by atoms with Crippen LogP contribution in [0.1, 0.15) is 66.2 Å². The van der Waals surface area contributed by atoms with Crippen LogP contribution in [-0.4, -0.2) is 46.6 Å². The Bertz CT molecular complexity index is 926. The maximum Gasteiger partial charge on any atom is 0.254 e. The Hall–Kier alpha value is -1.72. The van der Waals surface area contributed by atoms with E-state index in [1.54, 1.807) is 11.0 Å². The van der Waals surface area contributed by atoms with Crippen molar-refractivity contribution in [3.05, 3.63) is 34.6 Å². The van der Waals surface area contributed by atoms with Crippen LogP contribution in [0.15, 0.2) is 34.6 Å². The number of ketones is 1. The summed E-state index contributed by atoms with van der Waals surface area (Å²) in [7, 11) is 0. The summed E-state index contributed by atoms with van der Waals surface area (Å²) in [5.41, 5.74) is 3.70.